The van der Waals surface area contributed by atoms with Gasteiger partial charge in [-0.25, -0.2) is 4.98 Å². The molecule has 3 rings (SSSR count). The van der Waals surface area contributed by atoms with Gasteiger partial charge in [0.05, 0.1) is 11.1 Å². The summed E-state index contributed by atoms with van der Waals surface area (Å²) >= 11 is 6.24. The van der Waals surface area contributed by atoms with E-state index in [1.165, 1.54) is 0 Å². The molecule has 0 spiro atoms. The van der Waals surface area contributed by atoms with E-state index < -0.39 is 0 Å². The zero-order valence-electron chi connectivity index (χ0n) is 14.0. The molecule has 7 heteroatoms. The molecule has 1 fully saturated rings. The van der Waals surface area contributed by atoms with Gasteiger partial charge in [0.2, 0.25) is 0 Å². The Balaban J connectivity index is 1.85. The first-order chi connectivity index (χ1) is 11.6. The normalized spacial score (nSPS) is 17.3. The van der Waals surface area contributed by atoms with Crippen molar-refractivity contribution in [3.63, 3.8) is 0 Å². The lowest BCUT2D eigenvalue weighted by atomic mass is 10.1. The number of nitrogens with one attached hydrogen (secondary N) is 1. The molecule has 1 saturated heterocycles. The molecule has 1 atom stereocenters. The Morgan fingerprint density at radius 1 is 1.50 bits per heavy atom. The largest absolute Gasteiger partial charge is 0.373 e. The molecule has 0 aliphatic carbocycles. The van der Waals surface area contributed by atoms with Crippen LogP contribution in [0, 0.1) is 0 Å². The van der Waals surface area contributed by atoms with Gasteiger partial charge < -0.3 is 10.2 Å². The van der Waals surface area contributed by atoms with Gasteiger partial charge >= 0.3 is 0 Å². The molecule has 1 N–H and O–H groups in total. The standard InChI is InChI=1S/C17H22ClN5O/c1-3-8-22-11-13(18)16(21-22)17(24)23-9-4-5-14(23)12-6-7-20-15(10-12)19-2/h6-7,10-11,14H,3-5,8-9H2,1-2H3,(H,19,20)/t14-/m1/s1. The second-order valence-electron chi connectivity index (χ2n) is 5.97. The summed E-state index contributed by atoms with van der Waals surface area (Å²) in [7, 11) is 1.84. The molecule has 0 bridgehead atoms. The van der Waals surface area contributed by atoms with Crippen molar-refractivity contribution in [1.29, 1.82) is 0 Å². The van der Waals surface area contributed by atoms with Gasteiger partial charge in [-0.2, -0.15) is 5.10 Å². The molecular formula is C17H22ClN5O. The fourth-order valence-electron chi connectivity index (χ4n) is 3.17. The van der Waals surface area contributed by atoms with E-state index in [4.69, 9.17) is 11.6 Å². The number of rotatable bonds is 5. The molecule has 1 aliphatic heterocycles. The number of hydrogen-bond donors (Lipinski definition) is 1. The first-order valence-electron chi connectivity index (χ1n) is 8.31. The number of pyridine rings is 1. The highest BCUT2D eigenvalue weighted by Crippen LogP contribution is 2.34. The molecule has 0 aromatic carbocycles. The minimum atomic E-state index is -0.0971. The number of anilines is 1. The van der Waals surface area contributed by atoms with E-state index in [-0.39, 0.29) is 11.9 Å². The summed E-state index contributed by atoms with van der Waals surface area (Å²) in [6, 6.07) is 4.00. The monoisotopic (exact) mass is 347 g/mol. The van der Waals surface area contributed by atoms with E-state index >= 15 is 0 Å². The highest BCUT2D eigenvalue weighted by molar-refractivity contribution is 6.33. The van der Waals surface area contributed by atoms with Crippen LogP contribution >= 0.6 is 11.6 Å². The minimum absolute atomic E-state index is 0.0417. The Labute approximate surface area is 146 Å². The number of aryl methyl sites for hydroxylation is 1. The van der Waals surface area contributed by atoms with Crippen LogP contribution in [-0.4, -0.2) is 39.2 Å². The smallest absolute Gasteiger partial charge is 0.276 e. The lowest BCUT2D eigenvalue weighted by molar-refractivity contribution is 0.0729. The molecule has 2 aromatic rings. The van der Waals surface area contributed by atoms with Crippen LogP contribution in [-0.2, 0) is 6.54 Å². The number of carbonyl (C=O) groups is 1. The van der Waals surface area contributed by atoms with Crippen molar-refractivity contribution >= 4 is 23.3 Å². The summed E-state index contributed by atoms with van der Waals surface area (Å²) in [6.45, 7) is 3.54. The lowest BCUT2D eigenvalue weighted by Crippen LogP contribution is -2.31. The molecule has 1 amide bonds. The summed E-state index contributed by atoms with van der Waals surface area (Å²) in [6.07, 6.45) is 6.36. The number of amides is 1. The third kappa shape index (κ3) is 3.24. The summed E-state index contributed by atoms with van der Waals surface area (Å²) in [5, 5.41) is 7.84. The molecule has 2 aromatic heterocycles. The topological polar surface area (TPSA) is 63.1 Å². The average Bonchev–Trinajstić information content (AvgIpc) is 3.21. The number of likely N-dealkylation sites (tertiary alicyclic amines) is 1. The van der Waals surface area contributed by atoms with Gasteiger partial charge in [-0.1, -0.05) is 18.5 Å². The van der Waals surface area contributed by atoms with Crippen molar-refractivity contribution in [3.8, 4) is 0 Å². The second kappa shape index (κ2) is 7.21. The average molecular weight is 348 g/mol. The Morgan fingerprint density at radius 3 is 3.08 bits per heavy atom. The van der Waals surface area contributed by atoms with Crippen LogP contribution in [0.2, 0.25) is 5.02 Å². The van der Waals surface area contributed by atoms with Crippen LogP contribution in [0.25, 0.3) is 0 Å². The highest BCUT2D eigenvalue weighted by atomic mass is 35.5. The third-order valence-corrected chi connectivity index (χ3v) is 4.59. The van der Waals surface area contributed by atoms with Crippen LogP contribution < -0.4 is 5.32 Å². The maximum atomic E-state index is 13.0. The second-order valence-corrected chi connectivity index (χ2v) is 6.38. The Hall–Kier alpha value is -2.08. The first kappa shape index (κ1) is 16.8. The van der Waals surface area contributed by atoms with E-state index in [9.17, 15) is 4.79 Å². The maximum Gasteiger partial charge on any atom is 0.276 e. The van der Waals surface area contributed by atoms with Gasteiger partial charge in [0, 0.05) is 32.5 Å². The van der Waals surface area contributed by atoms with Crippen LogP contribution in [0.4, 0.5) is 5.82 Å². The molecule has 0 saturated carbocycles. The summed E-state index contributed by atoms with van der Waals surface area (Å²) in [4.78, 5) is 19.1. The van der Waals surface area contributed by atoms with Gasteiger partial charge in [-0.15, -0.1) is 0 Å². The van der Waals surface area contributed by atoms with Crippen LogP contribution in [0.5, 0.6) is 0 Å². The summed E-state index contributed by atoms with van der Waals surface area (Å²) in [5.41, 5.74) is 1.43. The van der Waals surface area contributed by atoms with E-state index in [2.05, 4.69) is 22.3 Å². The van der Waals surface area contributed by atoms with Crippen molar-refractivity contribution in [1.82, 2.24) is 19.7 Å². The Morgan fingerprint density at radius 2 is 2.33 bits per heavy atom. The van der Waals surface area contributed by atoms with Gasteiger partial charge in [-0.3, -0.25) is 9.48 Å². The van der Waals surface area contributed by atoms with Gasteiger partial charge in [0.1, 0.15) is 5.82 Å². The molecule has 3 heterocycles. The number of nitrogens with zero attached hydrogens (tertiary/aromatic N) is 4. The van der Waals surface area contributed by atoms with Gasteiger partial charge in [-0.05, 0) is 37.0 Å². The number of hydrogen-bond acceptors (Lipinski definition) is 4. The quantitative estimate of drug-likeness (QED) is 0.900. The zero-order chi connectivity index (χ0) is 17.1. The minimum Gasteiger partial charge on any atom is -0.373 e. The number of halogens is 1. The fourth-order valence-corrected chi connectivity index (χ4v) is 3.40. The maximum absolute atomic E-state index is 13.0. The molecule has 128 valence electrons. The van der Waals surface area contributed by atoms with E-state index in [0.29, 0.717) is 10.7 Å². The van der Waals surface area contributed by atoms with Crippen molar-refractivity contribution in [2.75, 3.05) is 18.9 Å². The van der Waals surface area contributed by atoms with E-state index in [1.807, 2.05) is 24.1 Å². The Bertz CT molecular complexity index is 730. The lowest BCUT2D eigenvalue weighted by Gasteiger charge is -2.24. The summed E-state index contributed by atoms with van der Waals surface area (Å²) < 4.78 is 1.74. The van der Waals surface area contributed by atoms with Crippen LogP contribution in [0.15, 0.2) is 24.5 Å². The predicted molar refractivity (Wildman–Crippen MR) is 94.3 cm³/mol. The molecule has 0 unspecified atom stereocenters. The van der Waals surface area contributed by atoms with Crippen LogP contribution in [0.3, 0.4) is 0 Å². The summed E-state index contributed by atoms with van der Waals surface area (Å²) in [5.74, 6) is 0.706. The molecule has 24 heavy (non-hydrogen) atoms. The van der Waals surface area contributed by atoms with E-state index in [1.54, 1.807) is 17.1 Å². The molecule has 6 nitrogen and oxygen atoms in total. The molecule has 1 aliphatic rings. The van der Waals surface area contributed by atoms with Crippen LogP contribution in [0.1, 0.15) is 48.3 Å². The van der Waals surface area contributed by atoms with Gasteiger partial charge in [0.25, 0.3) is 5.91 Å². The molecule has 0 radical (unpaired) electrons. The SMILES string of the molecule is CCCn1cc(Cl)c(C(=O)N2CCC[C@@H]2c2ccnc(NC)c2)n1. The highest BCUT2D eigenvalue weighted by Gasteiger charge is 2.33. The fraction of sp³-hybridized carbons (Fsp3) is 0.471. The zero-order valence-corrected chi connectivity index (χ0v) is 14.8. The van der Waals surface area contributed by atoms with Crippen molar-refractivity contribution in [3.05, 3.63) is 40.8 Å². The van der Waals surface area contributed by atoms with Crippen molar-refractivity contribution in [2.24, 2.45) is 0 Å². The van der Waals surface area contributed by atoms with E-state index in [0.717, 1.165) is 43.7 Å². The number of carbonyl (C=O) groups excluding carboxylic acids is 1. The Kier molecular flexibility index (Phi) is 5.04. The predicted octanol–water partition coefficient (Wildman–Crippen LogP) is 3.36. The van der Waals surface area contributed by atoms with Gasteiger partial charge in [0.15, 0.2) is 5.69 Å². The third-order valence-electron chi connectivity index (χ3n) is 4.31. The first-order valence-corrected chi connectivity index (χ1v) is 8.69. The molecular weight excluding hydrogens is 326 g/mol. The number of aromatic nitrogens is 3. The van der Waals surface area contributed by atoms with Crippen molar-refractivity contribution in [2.45, 2.75) is 38.8 Å². The van der Waals surface area contributed by atoms with Crippen molar-refractivity contribution < 1.29 is 4.79 Å².